The van der Waals surface area contributed by atoms with Crippen molar-refractivity contribution in [2.45, 2.75) is 33.0 Å². The number of aryl methyl sites for hydroxylation is 2. The standard InChI is InChI=1S/C14H14ClF3N2S/c1-7(13-8(2)21-9(3)20-13)19-10-4-5-12(15)11(6-10)14(16,17)18/h4-7,19H,1-3H3. The maximum Gasteiger partial charge on any atom is 0.417 e. The van der Waals surface area contributed by atoms with Crippen molar-refractivity contribution in [2.75, 3.05) is 5.32 Å². The summed E-state index contributed by atoms with van der Waals surface area (Å²) < 4.78 is 38.5. The first kappa shape index (κ1) is 16.1. The van der Waals surface area contributed by atoms with Gasteiger partial charge in [0.2, 0.25) is 0 Å². The minimum absolute atomic E-state index is 0.183. The van der Waals surface area contributed by atoms with E-state index in [1.807, 2.05) is 20.8 Å². The lowest BCUT2D eigenvalue weighted by Crippen LogP contribution is -2.11. The molecule has 0 spiro atoms. The van der Waals surface area contributed by atoms with Gasteiger partial charge in [0.25, 0.3) is 0 Å². The number of benzene rings is 1. The Kier molecular flexibility index (Phi) is 4.49. The summed E-state index contributed by atoms with van der Waals surface area (Å²) in [4.78, 5) is 5.46. The number of nitrogens with one attached hydrogen (secondary N) is 1. The second-order valence-electron chi connectivity index (χ2n) is 4.73. The number of anilines is 1. The molecule has 0 fully saturated rings. The molecule has 0 amide bonds. The van der Waals surface area contributed by atoms with Gasteiger partial charge in [0, 0.05) is 10.6 Å². The molecule has 0 radical (unpaired) electrons. The molecule has 2 rings (SSSR count). The molecule has 0 saturated carbocycles. The molecule has 0 saturated heterocycles. The second kappa shape index (κ2) is 5.85. The van der Waals surface area contributed by atoms with Crippen LogP contribution in [0.3, 0.4) is 0 Å². The molecule has 7 heteroatoms. The van der Waals surface area contributed by atoms with Crippen LogP contribution in [0.25, 0.3) is 0 Å². The molecule has 0 aliphatic carbocycles. The van der Waals surface area contributed by atoms with Gasteiger partial charge >= 0.3 is 6.18 Å². The summed E-state index contributed by atoms with van der Waals surface area (Å²) in [6.45, 7) is 5.71. The van der Waals surface area contributed by atoms with E-state index in [1.165, 1.54) is 12.1 Å². The molecule has 1 unspecified atom stereocenters. The first-order valence-corrected chi connectivity index (χ1v) is 7.45. The zero-order valence-corrected chi connectivity index (χ0v) is 13.2. The fourth-order valence-corrected chi connectivity index (χ4v) is 3.24. The smallest absolute Gasteiger partial charge is 0.377 e. The number of halogens is 4. The third-order valence-electron chi connectivity index (χ3n) is 3.00. The highest BCUT2D eigenvalue weighted by Crippen LogP contribution is 2.37. The number of nitrogens with zero attached hydrogens (tertiary/aromatic N) is 1. The highest BCUT2D eigenvalue weighted by Gasteiger charge is 2.33. The average Bonchev–Trinajstić information content (AvgIpc) is 2.69. The van der Waals surface area contributed by atoms with Gasteiger partial charge < -0.3 is 5.32 Å². The van der Waals surface area contributed by atoms with Gasteiger partial charge in [-0.1, -0.05) is 11.6 Å². The van der Waals surface area contributed by atoms with Crippen LogP contribution >= 0.6 is 22.9 Å². The van der Waals surface area contributed by atoms with Gasteiger partial charge in [-0.25, -0.2) is 4.98 Å². The lowest BCUT2D eigenvalue weighted by atomic mass is 10.1. The third kappa shape index (κ3) is 3.68. The van der Waals surface area contributed by atoms with Crippen LogP contribution in [-0.2, 0) is 6.18 Å². The molecule has 0 aliphatic rings. The molecule has 1 aromatic carbocycles. The Morgan fingerprint density at radius 3 is 2.48 bits per heavy atom. The van der Waals surface area contributed by atoms with Gasteiger partial charge in [0.15, 0.2) is 0 Å². The van der Waals surface area contributed by atoms with Crippen LogP contribution in [-0.4, -0.2) is 4.98 Å². The summed E-state index contributed by atoms with van der Waals surface area (Å²) in [5.41, 5.74) is 0.373. The number of aromatic nitrogens is 1. The van der Waals surface area contributed by atoms with Crippen LogP contribution in [0, 0.1) is 13.8 Å². The van der Waals surface area contributed by atoms with Gasteiger partial charge in [0.05, 0.1) is 27.3 Å². The Labute approximate surface area is 130 Å². The quantitative estimate of drug-likeness (QED) is 0.789. The minimum atomic E-state index is -4.47. The molecular formula is C14H14ClF3N2S. The number of hydrogen-bond donors (Lipinski definition) is 1. The summed E-state index contributed by atoms with van der Waals surface area (Å²) >= 11 is 7.17. The SMILES string of the molecule is Cc1nc(C(C)Nc2ccc(Cl)c(C(F)(F)F)c2)c(C)s1. The maximum absolute atomic E-state index is 12.8. The lowest BCUT2D eigenvalue weighted by Gasteiger charge is -2.16. The van der Waals surface area contributed by atoms with Crippen molar-refractivity contribution in [3.63, 3.8) is 0 Å². The van der Waals surface area contributed by atoms with Crippen LogP contribution in [0.5, 0.6) is 0 Å². The molecule has 21 heavy (non-hydrogen) atoms. The van der Waals surface area contributed by atoms with Crippen molar-refractivity contribution >= 4 is 28.6 Å². The molecular weight excluding hydrogens is 321 g/mol. The summed E-state index contributed by atoms with van der Waals surface area (Å²) in [5, 5.41) is 3.67. The van der Waals surface area contributed by atoms with E-state index in [2.05, 4.69) is 10.3 Å². The Hall–Kier alpha value is -1.27. The summed E-state index contributed by atoms with van der Waals surface area (Å²) in [5.74, 6) is 0. The van der Waals surface area contributed by atoms with E-state index >= 15 is 0 Å². The number of hydrogen-bond acceptors (Lipinski definition) is 3. The van der Waals surface area contributed by atoms with E-state index in [0.29, 0.717) is 5.69 Å². The van der Waals surface area contributed by atoms with Gasteiger partial charge in [-0.2, -0.15) is 13.2 Å². The summed E-state index contributed by atoms with van der Waals surface area (Å²) in [6.07, 6.45) is -4.47. The normalized spacial score (nSPS) is 13.3. The Morgan fingerprint density at radius 2 is 1.95 bits per heavy atom. The predicted molar refractivity (Wildman–Crippen MR) is 80.1 cm³/mol. The molecule has 1 aromatic heterocycles. The van der Waals surface area contributed by atoms with E-state index in [1.54, 1.807) is 11.3 Å². The topological polar surface area (TPSA) is 24.9 Å². The van der Waals surface area contributed by atoms with Crippen molar-refractivity contribution in [1.29, 1.82) is 0 Å². The third-order valence-corrected chi connectivity index (χ3v) is 4.24. The van der Waals surface area contributed by atoms with Crippen molar-refractivity contribution in [3.05, 3.63) is 44.4 Å². The van der Waals surface area contributed by atoms with Crippen LogP contribution in [0.1, 0.15) is 34.1 Å². The number of thiazole rings is 1. The fourth-order valence-electron chi connectivity index (χ4n) is 2.10. The molecule has 2 aromatic rings. The predicted octanol–water partition coefficient (Wildman–Crippen LogP) is 5.61. The van der Waals surface area contributed by atoms with Crippen LogP contribution in [0.2, 0.25) is 5.02 Å². The summed E-state index contributed by atoms with van der Waals surface area (Å²) in [6, 6.07) is 3.62. The Morgan fingerprint density at radius 1 is 1.29 bits per heavy atom. The molecule has 0 aliphatic heterocycles. The zero-order chi connectivity index (χ0) is 15.8. The average molecular weight is 335 g/mol. The van der Waals surface area contributed by atoms with E-state index in [-0.39, 0.29) is 11.1 Å². The van der Waals surface area contributed by atoms with Crippen molar-refractivity contribution in [3.8, 4) is 0 Å². The van der Waals surface area contributed by atoms with Gasteiger partial charge in [0.1, 0.15) is 0 Å². The van der Waals surface area contributed by atoms with E-state index < -0.39 is 11.7 Å². The second-order valence-corrected chi connectivity index (χ2v) is 6.55. The van der Waals surface area contributed by atoms with Crippen LogP contribution in [0.4, 0.5) is 18.9 Å². The zero-order valence-electron chi connectivity index (χ0n) is 11.7. The van der Waals surface area contributed by atoms with E-state index in [4.69, 9.17) is 11.6 Å². The first-order chi connectivity index (χ1) is 9.68. The van der Waals surface area contributed by atoms with Gasteiger partial charge in [-0.3, -0.25) is 0 Å². The van der Waals surface area contributed by atoms with Crippen LogP contribution in [0.15, 0.2) is 18.2 Å². The largest absolute Gasteiger partial charge is 0.417 e. The highest BCUT2D eigenvalue weighted by atomic mass is 35.5. The Bertz CT molecular complexity index is 652. The number of alkyl halides is 3. The monoisotopic (exact) mass is 334 g/mol. The first-order valence-electron chi connectivity index (χ1n) is 6.25. The molecule has 2 nitrogen and oxygen atoms in total. The van der Waals surface area contributed by atoms with E-state index in [9.17, 15) is 13.2 Å². The lowest BCUT2D eigenvalue weighted by molar-refractivity contribution is -0.137. The highest BCUT2D eigenvalue weighted by molar-refractivity contribution is 7.11. The molecule has 1 N–H and O–H groups in total. The molecule has 1 heterocycles. The van der Waals surface area contributed by atoms with E-state index in [0.717, 1.165) is 21.6 Å². The molecule has 0 bridgehead atoms. The Balaban J connectivity index is 2.26. The molecule has 114 valence electrons. The fraction of sp³-hybridized carbons (Fsp3) is 0.357. The van der Waals surface area contributed by atoms with Crippen molar-refractivity contribution in [1.82, 2.24) is 4.98 Å². The van der Waals surface area contributed by atoms with Crippen molar-refractivity contribution < 1.29 is 13.2 Å². The van der Waals surface area contributed by atoms with Crippen molar-refractivity contribution in [2.24, 2.45) is 0 Å². The van der Waals surface area contributed by atoms with Gasteiger partial charge in [-0.05, 0) is 39.0 Å². The number of rotatable bonds is 3. The molecule has 1 atom stereocenters. The van der Waals surface area contributed by atoms with Gasteiger partial charge in [-0.15, -0.1) is 11.3 Å². The summed E-state index contributed by atoms with van der Waals surface area (Å²) in [7, 11) is 0. The van der Waals surface area contributed by atoms with Crippen LogP contribution < -0.4 is 5.32 Å². The minimum Gasteiger partial charge on any atom is -0.377 e. The maximum atomic E-state index is 12.8.